The van der Waals surface area contributed by atoms with Crippen LogP contribution in [0.2, 0.25) is 0 Å². The second-order valence-corrected chi connectivity index (χ2v) is 8.89. The zero-order valence-corrected chi connectivity index (χ0v) is 19.2. The van der Waals surface area contributed by atoms with E-state index in [-0.39, 0.29) is 5.91 Å². The first kappa shape index (κ1) is 21.9. The van der Waals surface area contributed by atoms with Gasteiger partial charge in [-0.1, -0.05) is 5.22 Å². The molecule has 34 heavy (non-hydrogen) atoms. The Kier molecular flexibility index (Phi) is 5.89. The minimum Gasteiger partial charge on any atom is -0.337 e. The number of fused-ring (bicyclic) bond motifs is 1. The van der Waals surface area contributed by atoms with Gasteiger partial charge in [0.25, 0.3) is 5.91 Å². The molecule has 10 heteroatoms. The number of nitrogens with one attached hydrogen (secondary N) is 3. The first-order chi connectivity index (χ1) is 16.5. The quantitative estimate of drug-likeness (QED) is 0.380. The van der Waals surface area contributed by atoms with Gasteiger partial charge in [-0.25, -0.2) is 9.97 Å². The van der Waals surface area contributed by atoms with Crippen LogP contribution >= 0.6 is 0 Å². The molecule has 0 spiro atoms. The van der Waals surface area contributed by atoms with Gasteiger partial charge < -0.3 is 10.2 Å². The third kappa shape index (κ3) is 4.44. The van der Waals surface area contributed by atoms with E-state index < -0.39 is 0 Å². The number of hydrogen-bond donors (Lipinski definition) is 3. The maximum absolute atomic E-state index is 13.1. The third-order valence-electron chi connectivity index (χ3n) is 6.43. The SMILES string of the molecule is Cc1cncc(Nc2ncc3c(n2)CN(C2CCN(C(=O)c4ccc(NN=N)c(C)c4)C2)C3)c1. The monoisotopic (exact) mass is 457 g/mol. The topological polar surface area (TPSA) is 122 Å². The minimum atomic E-state index is 0.0368. The van der Waals surface area contributed by atoms with Gasteiger partial charge >= 0.3 is 0 Å². The molecule has 1 amide bonds. The van der Waals surface area contributed by atoms with Gasteiger partial charge in [0, 0.05) is 55.7 Å². The summed E-state index contributed by atoms with van der Waals surface area (Å²) in [5.41, 5.74) is 16.0. The molecule has 10 nitrogen and oxygen atoms in total. The van der Waals surface area contributed by atoms with Crippen LogP contribution in [0.3, 0.4) is 0 Å². The molecule has 3 aromatic rings. The van der Waals surface area contributed by atoms with Gasteiger partial charge in [0.1, 0.15) is 0 Å². The third-order valence-corrected chi connectivity index (χ3v) is 6.43. The fourth-order valence-corrected chi connectivity index (χ4v) is 4.64. The van der Waals surface area contributed by atoms with Crippen molar-refractivity contribution in [2.45, 2.75) is 39.4 Å². The maximum atomic E-state index is 13.1. The van der Waals surface area contributed by atoms with Gasteiger partial charge in [0.2, 0.25) is 5.95 Å². The normalized spacial score (nSPS) is 17.5. The molecule has 1 aromatic carbocycles. The van der Waals surface area contributed by atoms with Crippen molar-refractivity contribution in [2.75, 3.05) is 23.8 Å². The van der Waals surface area contributed by atoms with Gasteiger partial charge in [-0.3, -0.25) is 20.1 Å². The number of carbonyl (C=O) groups is 1. The molecule has 0 radical (unpaired) electrons. The van der Waals surface area contributed by atoms with E-state index in [2.05, 4.69) is 30.8 Å². The Morgan fingerprint density at radius 3 is 2.85 bits per heavy atom. The molecule has 0 aliphatic carbocycles. The van der Waals surface area contributed by atoms with E-state index in [1.54, 1.807) is 18.3 Å². The summed E-state index contributed by atoms with van der Waals surface area (Å²) in [5.74, 6) is 0.609. The van der Waals surface area contributed by atoms with Crippen molar-refractivity contribution in [3.8, 4) is 0 Å². The molecule has 1 atom stereocenters. The number of carbonyl (C=O) groups excluding carboxylic acids is 1. The molecule has 3 N–H and O–H groups in total. The van der Waals surface area contributed by atoms with Gasteiger partial charge in [0.15, 0.2) is 0 Å². The van der Waals surface area contributed by atoms with Crippen molar-refractivity contribution in [2.24, 2.45) is 5.22 Å². The highest BCUT2D eigenvalue weighted by Gasteiger charge is 2.34. The Balaban J connectivity index is 1.22. The van der Waals surface area contributed by atoms with Crippen LogP contribution in [0, 0.1) is 19.4 Å². The highest BCUT2D eigenvalue weighted by atomic mass is 16.2. The minimum absolute atomic E-state index is 0.0368. The molecular weight excluding hydrogens is 430 g/mol. The summed E-state index contributed by atoms with van der Waals surface area (Å²) in [6, 6.07) is 7.73. The Bertz CT molecular complexity index is 1240. The maximum Gasteiger partial charge on any atom is 0.253 e. The van der Waals surface area contributed by atoms with Crippen LogP contribution in [0.15, 0.2) is 48.1 Å². The first-order valence-electron chi connectivity index (χ1n) is 11.3. The summed E-state index contributed by atoms with van der Waals surface area (Å²) in [5, 5.41) is 6.44. The molecule has 4 heterocycles. The van der Waals surface area contributed by atoms with E-state index in [4.69, 9.17) is 10.5 Å². The van der Waals surface area contributed by atoms with E-state index in [1.165, 1.54) is 0 Å². The van der Waals surface area contributed by atoms with Crippen molar-refractivity contribution in [1.29, 1.82) is 5.53 Å². The Hall–Kier alpha value is -3.92. The Labute approximate surface area is 197 Å². The zero-order valence-electron chi connectivity index (χ0n) is 19.2. The molecular formula is C24H27N9O. The van der Waals surface area contributed by atoms with Crippen molar-refractivity contribution in [1.82, 2.24) is 24.8 Å². The number of hydrogen-bond acceptors (Lipinski definition) is 8. The van der Waals surface area contributed by atoms with Crippen LogP contribution in [0.1, 0.15) is 39.2 Å². The Morgan fingerprint density at radius 2 is 2.06 bits per heavy atom. The van der Waals surface area contributed by atoms with E-state index >= 15 is 0 Å². The van der Waals surface area contributed by atoms with E-state index in [9.17, 15) is 4.79 Å². The van der Waals surface area contributed by atoms with Crippen LogP contribution in [0.4, 0.5) is 17.3 Å². The fraction of sp³-hybridized carbons (Fsp3) is 0.333. The lowest BCUT2D eigenvalue weighted by atomic mass is 10.1. The first-order valence-corrected chi connectivity index (χ1v) is 11.3. The lowest BCUT2D eigenvalue weighted by Gasteiger charge is -2.23. The van der Waals surface area contributed by atoms with Gasteiger partial charge in [-0.05, 0) is 55.7 Å². The summed E-state index contributed by atoms with van der Waals surface area (Å²) < 4.78 is 0. The second-order valence-electron chi connectivity index (χ2n) is 8.89. The number of likely N-dealkylation sites (tertiary alicyclic amines) is 1. The van der Waals surface area contributed by atoms with E-state index in [1.807, 2.05) is 43.3 Å². The standard InChI is InChI=1S/C24H27N9O/c1-15-7-19(11-26-9-15)28-24-27-10-18-12-33(14-22(18)29-24)20-5-6-32(13-20)23(34)17-3-4-21(30-31-25)16(2)8-17/h3-4,7-11,20H,5-6,12-14H2,1-2H3,(H2,25,30)(H,27,28,29). The summed E-state index contributed by atoms with van der Waals surface area (Å²) in [4.78, 5) is 30.8. The molecule has 1 unspecified atom stereocenters. The molecule has 0 bridgehead atoms. The Morgan fingerprint density at radius 1 is 1.18 bits per heavy atom. The largest absolute Gasteiger partial charge is 0.337 e. The van der Waals surface area contributed by atoms with E-state index in [0.717, 1.165) is 59.8 Å². The number of benzene rings is 1. The fourth-order valence-electron chi connectivity index (χ4n) is 4.64. The summed E-state index contributed by atoms with van der Waals surface area (Å²) in [6.45, 7) is 6.88. The van der Waals surface area contributed by atoms with Crippen LogP contribution in [-0.4, -0.2) is 49.8 Å². The number of rotatable bonds is 6. The van der Waals surface area contributed by atoms with Crippen LogP contribution in [0.25, 0.3) is 0 Å². The molecule has 2 aliphatic rings. The summed E-state index contributed by atoms with van der Waals surface area (Å²) >= 11 is 0. The average molecular weight is 458 g/mol. The number of aryl methyl sites for hydroxylation is 2. The molecule has 5 rings (SSSR count). The molecule has 1 saturated heterocycles. The number of nitrogens with zero attached hydrogens (tertiary/aromatic N) is 6. The summed E-state index contributed by atoms with van der Waals surface area (Å²) in [7, 11) is 0. The number of pyridine rings is 1. The smallest absolute Gasteiger partial charge is 0.253 e. The molecule has 2 aliphatic heterocycles. The molecule has 0 saturated carbocycles. The van der Waals surface area contributed by atoms with Crippen molar-refractivity contribution < 1.29 is 4.79 Å². The van der Waals surface area contributed by atoms with Gasteiger partial charge in [0.05, 0.1) is 23.3 Å². The van der Waals surface area contributed by atoms with Crippen molar-refractivity contribution in [3.63, 3.8) is 0 Å². The average Bonchev–Trinajstić information content (AvgIpc) is 3.47. The molecule has 174 valence electrons. The van der Waals surface area contributed by atoms with Crippen LogP contribution in [0.5, 0.6) is 0 Å². The van der Waals surface area contributed by atoms with Gasteiger partial charge in [-0.2, -0.15) is 5.53 Å². The highest BCUT2D eigenvalue weighted by molar-refractivity contribution is 5.95. The lowest BCUT2D eigenvalue weighted by molar-refractivity contribution is 0.0775. The van der Waals surface area contributed by atoms with Gasteiger partial charge in [-0.15, -0.1) is 0 Å². The second kappa shape index (κ2) is 9.14. The van der Waals surface area contributed by atoms with Crippen LogP contribution in [-0.2, 0) is 13.1 Å². The highest BCUT2D eigenvalue weighted by Crippen LogP contribution is 2.29. The zero-order chi connectivity index (χ0) is 23.7. The predicted octanol–water partition coefficient (Wildman–Crippen LogP) is 3.82. The molecule has 2 aromatic heterocycles. The molecule has 1 fully saturated rings. The predicted molar refractivity (Wildman–Crippen MR) is 128 cm³/mol. The summed E-state index contributed by atoms with van der Waals surface area (Å²) in [6.07, 6.45) is 6.40. The van der Waals surface area contributed by atoms with Crippen LogP contribution < -0.4 is 10.7 Å². The lowest BCUT2D eigenvalue weighted by Crippen LogP contribution is -2.36. The van der Waals surface area contributed by atoms with Crippen molar-refractivity contribution in [3.05, 3.63) is 70.8 Å². The number of amides is 1. The van der Waals surface area contributed by atoms with Crippen molar-refractivity contribution >= 4 is 23.2 Å². The number of aromatic nitrogens is 3. The van der Waals surface area contributed by atoms with E-state index in [0.29, 0.717) is 24.1 Å². The number of anilines is 3.